The number of hydrogen-bond donors (Lipinski definition) is 0. The number of halogens is 2. The van der Waals surface area contributed by atoms with E-state index in [1.54, 1.807) is 26.8 Å². The molecule has 38 heavy (non-hydrogen) atoms. The van der Waals surface area contributed by atoms with Gasteiger partial charge in [0.1, 0.15) is 0 Å². The molecular weight excluding hydrogens is 507 g/mol. The summed E-state index contributed by atoms with van der Waals surface area (Å²) >= 11 is 4.64. The Bertz CT molecular complexity index is 883. The van der Waals surface area contributed by atoms with Crippen LogP contribution in [0.15, 0.2) is 23.8 Å². The zero-order valence-corrected chi connectivity index (χ0v) is 25.3. The Labute approximate surface area is 236 Å². The first kappa shape index (κ1) is 38.3. The molecule has 0 aliphatic heterocycles. The summed E-state index contributed by atoms with van der Waals surface area (Å²) in [4.78, 5) is 49.6. The minimum atomic E-state index is -2.17. The molecule has 0 spiro atoms. The fourth-order valence-corrected chi connectivity index (χ4v) is 6.93. The van der Waals surface area contributed by atoms with E-state index in [-0.39, 0.29) is 44.2 Å². The Hall–Kier alpha value is -1.82. The molecule has 0 aromatic carbocycles. The summed E-state index contributed by atoms with van der Waals surface area (Å²) in [6, 6.07) is 0. The molecule has 2 unspecified atom stereocenters. The summed E-state index contributed by atoms with van der Waals surface area (Å²) in [7, 11) is 0. The van der Waals surface area contributed by atoms with Crippen molar-refractivity contribution in [1.29, 1.82) is 0 Å². The average Bonchev–Trinajstić information content (AvgIpc) is 2.87. The molecule has 220 valence electrons. The van der Waals surface area contributed by atoms with Crippen LogP contribution in [0.3, 0.4) is 0 Å². The van der Waals surface area contributed by atoms with E-state index in [4.69, 9.17) is 4.74 Å². The van der Waals surface area contributed by atoms with E-state index in [9.17, 15) is 19.2 Å². The van der Waals surface area contributed by atoms with Gasteiger partial charge in [0.2, 0.25) is 0 Å². The van der Waals surface area contributed by atoms with Crippen LogP contribution < -0.4 is 0 Å². The molecule has 0 saturated heterocycles. The highest BCUT2D eigenvalue weighted by Crippen LogP contribution is 2.66. The van der Waals surface area contributed by atoms with Crippen molar-refractivity contribution in [2.75, 3.05) is 6.38 Å². The van der Waals surface area contributed by atoms with Gasteiger partial charge in [-0.1, -0.05) is 80.4 Å². The fourth-order valence-electron chi connectivity index (χ4n) is 6.93. The predicted molar refractivity (Wildman–Crippen MR) is 155 cm³/mol. The van der Waals surface area contributed by atoms with Crippen molar-refractivity contribution in [3.8, 4) is 0 Å². The molecule has 0 bridgehead atoms. The zero-order valence-electron chi connectivity index (χ0n) is 24.5. The van der Waals surface area contributed by atoms with Gasteiger partial charge >= 0.3 is 0 Å². The van der Waals surface area contributed by atoms with Crippen molar-refractivity contribution in [2.24, 2.45) is 22.7 Å². The lowest BCUT2D eigenvalue weighted by atomic mass is 9.42. The molecular formula is C31H52ClFO5. The fraction of sp³-hybridized carbons (Fsp3) is 0.742. The first-order chi connectivity index (χ1) is 17.4. The number of carbonyl (C=O) groups excluding carboxylic acids is 4. The summed E-state index contributed by atoms with van der Waals surface area (Å²) in [6.07, 6.45) is 8.53. The summed E-state index contributed by atoms with van der Waals surface area (Å²) in [6.45, 7) is 17.0. The van der Waals surface area contributed by atoms with E-state index in [2.05, 4.69) is 25.4 Å². The first-order valence-electron chi connectivity index (χ1n) is 13.6. The number of hydrogen-bond acceptors (Lipinski definition) is 5. The number of alkyl halides is 2. The summed E-state index contributed by atoms with van der Waals surface area (Å²) < 4.78 is 22.4. The number of ketones is 3. The molecule has 3 aliphatic rings. The predicted octanol–water partition coefficient (Wildman–Crippen LogP) is 8.03. The molecule has 5 nitrogen and oxygen atoms in total. The van der Waals surface area contributed by atoms with Crippen molar-refractivity contribution in [1.82, 2.24) is 0 Å². The highest BCUT2D eigenvalue weighted by molar-refractivity contribution is 6.15. The van der Waals surface area contributed by atoms with Crippen LogP contribution in [0.1, 0.15) is 108 Å². The smallest absolute Gasteiger partial charge is 0.294 e. The molecule has 3 aliphatic carbocycles. The Balaban J connectivity index is 0. The van der Waals surface area contributed by atoms with E-state index in [0.717, 1.165) is 0 Å². The van der Waals surface area contributed by atoms with E-state index < -0.39 is 33.8 Å². The minimum Gasteiger partial charge on any atom is -0.453 e. The van der Waals surface area contributed by atoms with E-state index in [1.807, 2.05) is 20.8 Å². The molecule has 2 saturated carbocycles. The maximum Gasteiger partial charge on any atom is 0.294 e. The quantitative estimate of drug-likeness (QED) is 0.243. The van der Waals surface area contributed by atoms with Gasteiger partial charge in [-0.05, 0) is 51.2 Å². The van der Waals surface area contributed by atoms with E-state index in [1.165, 1.54) is 31.9 Å². The molecule has 0 aromatic heterocycles. The number of Topliss-reactive ketones (excluding diaryl/α,β-unsaturated/α-hetero) is 2. The van der Waals surface area contributed by atoms with Crippen LogP contribution in [0.5, 0.6) is 0 Å². The molecule has 7 heteroatoms. The van der Waals surface area contributed by atoms with Gasteiger partial charge in [-0.25, -0.2) is 4.39 Å². The van der Waals surface area contributed by atoms with Crippen LogP contribution in [-0.4, -0.2) is 41.5 Å². The van der Waals surface area contributed by atoms with Gasteiger partial charge in [0.15, 0.2) is 28.6 Å². The number of allylic oxidation sites excluding steroid dienone is 4. The Kier molecular flexibility index (Phi) is 15.8. The maximum absolute atomic E-state index is 17.0. The van der Waals surface area contributed by atoms with Gasteiger partial charge < -0.3 is 4.74 Å². The van der Waals surface area contributed by atoms with Crippen LogP contribution in [0, 0.1) is 22.7 Å². The zero-order chi connectivity index (χ0) is 29.2. The largest absolute Gasteiger partial charge is 0.453 e. The number of carbonyl (C=O) groups is 4. The SMILES string of the molecule is C.CC.CCC.CCC1[C@@H]2CCC3=CC(=O)C=C[C@]3(C)C2(F)C(=O)C[C@]1(C)[C@@](CC)(OC=O)C(C)=O.CCl. The van der Waals surface area contributed by atoms with Gasteiger partial charge in [-0.2, -0.15) is 0 Å². The average molecular weight is 559 g/mol. The topological polar surface area (TPSA) is 77.5 Å². The summed E-state index contributed by atoms with van der Waals surface area (Å²) in [5, 5.41) is 0. The molecule has 0 aromatic rings. The van der Waals surface area contributed by atoms with Gasteiger partial charge in [0, 0.05) is 29.6 Å². The molecule has 0 amide bonds. The Morgan fingerprint density at radius 3 is 2.13 bits per heavy atom. The highest BCUT2D eigenvalue weighted by Gasteiger charge is 2.72. The standard InChI is InChI=1S/C24H31FO5.C3H8.C2H6.CH3Cl.CH4/c1-6-18-19-9-8-16-12-17(28)10-11-21(16,4)24(19,25)20(29)13-22(18,5)23(7-2,15(3)27)30-14-26;1-3-2;2*1-2;/h10-12,14,18-19H,6-9,13H2,1-5H3;3H2,1-2H3;1-2H3;1H3;1H4/t18?,19-,21-,22-,23-,24?;;;;/m0..../s1. The van der Waals surface area contributed by atoms with Crippen LogP contribution in [0.4, 0.5) is 4.39 Å². The van der Waals surface area contributed by atoms with E-state index in [0.29, 0.717) is 24.8 Å². The minimum absolute atomic E-state index is 0. The second kappa shape index (κ2) is 15.7. The van der Waals surface area contributed by atoms with E-state index >= 15 is 4.39 Å². The monoisotopic (exact) mass is 558 g/mol. The third-order valence-electron chi connectivity index (χ3n) is 8.47. The van der Waals surface area contributed by atoms with Crippen molar-refractivity contribution >= 4 is 35.4 Å². The molecule has 0 N–H and O–H groups in total. The van der Waals surface area contributed by atoms with Crippen LogP contribution in [0.2, 0.25) is 0 Å². The van der Waals surface area contributed by atoms with Gasteiger partial charge in [-0.15, -0.1) is 11.6 Å². The highest BCUT2D eigenvalue weighted by atomic mass is 35.5. The third kappa shape index (κ3) is 6.00. The third-order valence-corrected chi connectivity index (χ3v) is 8.47. The van der Waals surface area contributed by atoms with Gasteiger partial charge in [0.25, 0.3) is 6.47 Å². The molecule has 2 fully saturated rings. The first-order valence-corrected chi connectivity index (χ1v) is 14.3. The lowest BCUT2D eigenvalue weighted by Crippen LogP contribution is -2.70. The number of fused-ring (bicyclic) bond motifs is 3. The Morgan fingerprint density at radius 2 is 1.71 bits per heavy atom. The normalized spacial score (nSPS) is 32.4. The van der Waals surface area contributed by atoms with Crippen molar-refractivity contribution in [3.05, 3.63) is 23.8 Å². The lowest BCUT2D eigenvalue weighted by molar-refractivity contribution is -0.207. The number of rotatable bonds is 6. The molecule has 3 rings (SSSR count). The van der Waals surface area contributed by atoms with Crippen molar-refractivity contribution in [2.45, 2.75) is 120 Å². The Morgan fingerprint density at radius 1 is 1.18 bits per heavy atom. The molecule has 0 radical (unpaired) electrons. The summed E-state index contributed by atoms with van der Waals surface area (Å²) in [5.74, 6) is -2.10. The second-order valence-corrected chi connectivity index (χ2v) is 10.2. The van der Waals surface area contributed by atoms with Crippen LogP contribution in [0.25, 0.3) is 0 Å². The molecule has 0 heterocycles. The van der Waals surface area contributed by atoms with Crippen molar-refractivity contribution in [3.63, 3.8) is 0 Å². The van der Waals surface area contributed by atoms with Crippen LogP contribution >= 0.6 is 11.6 Å². The lowest BCUT2D eigenvalue weighted by Gasteiger charge is -2.62. The van der Waals surface area contributed by atoms with Crippen LogP contribution in [-0.2, 0) is 23.9 Å². The van der Waals surface area contributed by atoms with Crippen molar-refractivity contribution < 1.29 is 28.3 Å². The number of ether oxygens (including phenoxy) is 1. The maximum atomic E-state index is 17.0. The molecule has 6 atom stereocenters. The van der Waals surface area contributed by atoms with Gasteiger partial charge in [-0.3, -0.25) is 19.2 Å². The second-order valence-electron chi connectivity index (χ2n) is 10.2. The van der Waals surface area contributed by atoms with Gasteiger partial charge in [0.05, 0.1) is 0 Å². The summed E-state index contributed by atoms with van der Waals surface area (Å²) in [5.41, 5.74) is -5.22.